The molecule has 0 aliphatic heterocycles. The molecule has 0 saturated carbocycles. The highest BCUT2D eigenvalue weighted by Crippen LogP contribution is 2.02. The van der Waals surface area contributed by atoms with E-state index in [9.17, 15) is 0 Å². The topological polar surface area (TPSA) is 17.0 Å². The van der Waals surface area contributed by atoms with Gasteiger partial charge in [-0.3, -0.25) is 0 Å². The number of nitrogens with one attached hydrogen (secondary N) is 1. The van der Waals surface area contributed by atoms with Gasteiger partial charge in [0, 0.05) is 31.5 Å². The molecule has 0 saturated heterocycles. The lowest BCUT2D eigenvalue weighted by molar-refractivity contribution is 0.619. The summed E-state index contributed by atoms with van der Waals surface area (Å²) in [6, 6.07) is 4.26. The van der Waals surface area contributed by atoms with Crippen molar-refractivity contribution in [2.24, 2.45) is 0 Å². The largest absolute Gasteiger partial charge is 0.350 e. The van der Waals surface area contributed by atoms with Crippen LogP contribution in [0.25, 0.3) is 0 Å². The Morgan fingerprint density at radius 2 is 2.46 bits per heavy atom. The second kappa shape index (κ2) is 5.60. The first kappa shape index (κ1) is 10.1. The third-order valence-corrected chi connectivity index (χ3v) is 1.98. The van der Waals surface area contributed by atoms with Gasteiger partial charge in [0.15, 0.2) is 0 Å². The Morgan fingerprint density at radius 1 is 1.62 bits per heavy atom. The van der Waals surface area contributed by atoms with Crippen molar-refractivity contribution < 1.29 is 0 Å². The smallest absolute Gasteiger partial charge is 0.0362 e. The third-order valence-electron chi connectivity index (χ3n) is 1.98. The Balaban J connectivity index is 2.44. The average molecular weight is 178 g/mol. The van der Waals surface area contributed by atoms with Crippen molar-refractivity contribution in [2.45, 2.75) is 26.4 Å². The van der Waals surface area contributed by atoms with Crippen molar-refractivity contribution in [2.75, 3.05) is 6.54 Å². The fourth-order valence-electron chi connectivity index (χ4n) is 1.37. The highest BCUT2D eigenvalue weighted by atomic mass is 15.0. The predicted octanol–water partition coefficient (Wildman–Crippen LogP) is 2.17. The molecule has 0 amide bonds. The van der Waals surface area contributed by atoms with E-state index in [-0.39, 0.29) is 0 Å². The summed E-state index contributed by atoms with van der Waals surface area (Å²) in [5.41, 5.74) is 1.35. The number of aromatic nitrogens is 1. The van der Waals surface area contributed by atoms with Crippen LogP contribution in [-0.4, -0.2) is 11.1 Å². The van der Waals surface area contributed by atoms with Crippen LogP contribution in [0.3, 0.4) is 0 Å². The summed E-state index contributed by atoms with van der Waals surface area (Å²) in [7, 11) is 0. The van der Waals surface area contributed by atoms with E-state index in [4.69, 9.17) is 0 Å². The first-order valence-corrected chi connectivity index (χ1v) is 4.84. The maximum atomic E-state index is 3.67. The number of aryl methyl sites for hydroxylation is 1. The van der Waals surface area contributed by atoms with Gasteiger partial charge in [-0.25, -0.2) is 0 Å². The molecule has 1 rings (SSSR count). The normalized spacial score (nSPS) is 10.2. The fraction of sp³-hybridized carbons (Fsp3) is 0.455. The van der Waals surface area contributed by atoms with Gasteiger partial charge in [0.1, 0.15) is 0 Å². The summed E-state index contributed by atoms with van der Waals surface area (Å²) < 4.78 is 2.29. The van der Waals surface area contributed by atoms with E-state index < -0.39 is 0 Å². The Hall–Kier alpha value is -1.02. The van der Waals surface area contributed by atoms with E-state index in [1.165, 1.54) is 12.1 Å². The summed E-state index contributed by atoms with van der Waals surface area (Å²) in [5.74, 6) is 0. The molecule has 13 heavy (non-hydrogen) atoms. The van der Waals surface area contributed by atoms with Crippen LogP contribution in [0.1, 0.15) is 19.0 Å². The number of hydrogen-bond acceptors (Lipinski definition) is 1. The van der Waals surface area contributed by atoms with Gasteiger partial charge in [0.25, 0.3) is 0 Å². The van der Waals surface area contributed by atoms with E-state index in [1.807, 2.05) is 6.08 Å². The molecule has 2 nitrogen and oxygen atoms in total. The fourth-order valence-corrected chi connectivity index (χ4v) is 1.37. The molecule has 0 fully saturated rings. The zero-order valence-corrected chi connectivity index (χ0v) is 8.29. The molecular formula is C11H18N2. The van der Waals surface area contributed by atoms with Gasteiger partial charge < -0.3 is 9.88 Å². The number of hydrogen-bond donors (Lipinski definition) is 1. The zero-order valence-electron chi connectivity index (χ0n) is 8.29. The third kappa shape index (κ3) is 3.07. The number of rotatable bonds is 6. The Morgan fingerprint density at radius 3 is 3.15 bits per heavy atom. The van der Waals surface area contributed by atoms with E-state index in [1.54, 1.807) is 0 Å². The zero-order chi connectivity index (χ0) is 9.52. The lowest BCUT2D eigenvalue weighted by atomic mass is 10.4. The maximum Gasteiger partial charge on any atom is 0.0362 e. The van der Waals surface area contributed by atoms with Crippen molar-refractivity contribution in [3.05, 3.63) is 36.7 Å². The minimum absolute atomic E-state index is 0.872. The van der Waals surface area contributed by atoms with Crippen LogP contribution in [0.4, 0.5) is 0 Å². The van der Waals surface area contributed by atoms with Crippen LogP contribution in [0, 0.1) is 0 Å². The summed E-state index contributed by atoms with van der Waals surface area (Å²) in [5, 5.41) is 3.30. The quantitative estimate of drug-likeness (QED) is 0.522. The molecule has 1 N–H and O–H groups in total. The molecule has 0 unspecified atom stereocenters. The van der Waals surface area contributed by atoms with E-state index in [2.05, 4.69) is 41.7 Å². The molecule has 0 aromatic carbocycles. The average Bonchev–Trinajstić information content (AvgIpc) is 2.54. The van der Waals surface area contributed by atoms with Gasteiger partial charge in [0.2, 0.25) is 0 Å². The molecule has 1 aromatic heterocycles. The van der Waals surface area contributed by atoms with Crippen molar-refractivity contribution in [1.29, 1.82) is 0 Å². The molecule has 0 aliphatic rings. The molecule has 0 bridgehead atoms. The van der Waals surface area contributed by atoms with Crippen LogP contribution in [0.2, 0.25) is 0 Å². The van der Waals surface area contributed by atoms with E-state index in [0.29, 0.717) is 0 Å². The van der Waals surface area contributed by atoms with Gasteiger partial charge in [-0.1, -0.05) is 13.0 Å². The first-order valence-electron chi connectivity index (χ1n) is 4.84. The molecule has 1 aromatic rings. The van der Waals surface area contributed by atoms with E-state index >= 15 is 0 Å². The summed E-state index contributed by atoms with van der Waals surface area (Å²) >= 11 is 0. The molecule has 0 spiro atoms. The first-order chi connectivity index (χ1) is 6.38. The van der Waals surface area contributed by atoms with Crippen LogP contribution < -0.4 is 5.32 Å². The highest BCUT2D eigenvalue weighted by molar-refractivity contribution is 5.06. The SMILES string of the molecule is C=CCNCc1cccn1CCC. The van der Waals surface area contributed by atoms with Crippen molar-refractivity contribution in [1.82, 2.24) is 9.88 Å². The minimum atomic E-state index is 0.872. The molecule has 0 radical (unpaired) electrons. The van der Waals surface area contributed by atoms with Gasteiger partial charge in [-0.05, 0) is 18.6 Å². The van der Waals surface area contributed by atoms with Crippen LogP contribution in [0.15, 0.2) is 31.0 Å². The Bertz CT molecular complexity index is 250. The Kier molecular flexibility index (Phi) is 4.33. The molecular weight excluding hydrogens is 160 g/mol. The van der Waals surface area contributed by atoms with Crippen molar-refractivity contribution in [3.8, 4) is 0 Å². The van der Waals surface area contributed by atoms with Gasteiger partial charge in [-0.15, -0.1) is 6.58 Å². The lowest BCUT2D eigenvalue weighted by Gasteiger charge is -2.07. The molecule has 72 valence electrons. The van der Waals surface area contributed by atoms with E-state index in [0.717, 1.165) is 19.6 Å². The molecule has 0 aliphatic carbocycles. The number of nitrogens with zero attached hydrogens (tertiary/aromatic N) is 1. The van der Waals surface area contributed by atoms with Crippen LogP contribution in [0.5, 0.6) is 0 Å². The summed E-state index contributed by atoms with van der Waals surface area (Å²) in [6.45, 7) is 8.78. The van der Waals surface area contributed by atoms with Crippen molar-refractivity contribution >= 4 is 0 Å². The summed E-state index contributed by atoms with van der Waals surface area (Å²) in [6.07, 6.45) is 5.20. The van der Waals surface area contributed by atoms with Crippen molar-refractivity contribution in [3.63, 3.8) is 0 Å². The highest BCUT2D eigenvalue weighted by Gasteiger charge is 1.97. The second-order valence-electron chi connectivity index (χ2n) is 3.11. The predicted molar refractivity (Wildman–Crippen MR) is 56.6 cm³/mol. The monoisotopic (exact) mass is 178 g/mol. The second-order valence-corrected chi connectivity index (χ2v) is 3.11. The maximum absolute atomic E-state index is 3.67. The lowest BCUT2D eigenvalue weighted by Crippen LogP contribution is -2.15. The van der Waals surface area contributed by atoms with Crippen LogP contribution in [-0.2, 0) is 13.1 Å². The molecule has 1 heterocycles. The molecule has 0 atom stereocenters. The standard InChI is InChI=1S/C11H18N2/c1-3-7-12-10-11-6-5-9-13(11)8-4-2/h3,5-6,9,12H,1,4,7-8,10H2,2H3. The van der Waals surface area contributed by atoms with Gasteiger partial charge >= 0.3 is 0 Å². The van der Waals surface area contributed by atoms with Gasteiger partial charge in [0.05, 0.1) is 0 Å². The van der Waals surface area contributed by atoms with Gasteiger partial charge in [-0.2, -0.15) is 0 Å². The summed E-state index contributed by atoms with van der Waals surface area (Å²) in [4.78, 5) is 0. The minimum Gasteiger partial charge on any atom is -0.350 e. The van der Waals surface area contributed by atoms with Crippen LogP contribution >= 0.6 is 0 Å². The molecule has 2 heteroatoms. The Labute approximate surface area is 80.3 Å².